The summed E-state index contributed by atoms with van der Waals surface area (Å²) < 4.78 is 5.81. The van der Waals surface area contributed by atoms with Gasteiger partial charge in [-0.15, -0.1) is 0 Å². The second-order valence-electron chi connectivity index (χ2n) is 6.91. The molecule has 0 aromatic heterocycles. The van der Waals surface area contributed by atoms with E-state index in [1.165, 1.54) is 6.92 Å². The summed E-state index contributed by atoms with van der Waals surface area (Å²) in [7, 11) is 0. The number of carbonyl (C=O) groups excluding carboxylic acids is 2. The summed E-state index contributed by atoms with van der Waals surface area (Å²) in [6.45, 7) is 2.70. The first-order valence-electron chi connectivity index (χ1n) is 9.32. The summed E-state index contributed by atoms with van der Waals surface area (Å²) in [6.07, 6.45) is 1.47. The molecule has 2 atom stereocenters. The summed E-state index contributed by atoms with van der Waals surface area (Å²) in [5, 5.41) is 14.7. The molecule has 2 aromatic rings. The van der Waals surface area contributed by atoms with Gasteiger partial charge in [0.1, 0.15) is 23.9 Å². The van der Waals surface area contributed by atoms with Gasteiger partial charge in [0.25, 0.3) is 5.91 Å². The second kappa shape index (κ2) is 8.86. The first kappa shape index (κ1) is 19.9. The van der Waals surface area contributed by atoms with Gasteiger partial charge < -0.3 is 10.1 Å². The predicted octanol–water partition coefficient (Wildman–Crippen LogP) is 1.85. The summed E-state index contributed by atoms with van der Waals surface area (Å²) in [4.78, 5) is 24.5. The van der Waals surface area contributed by atoms with Crippen LogP contribution in [0.4, 0.5) is 0 Å². The number of amides is 2. The van der Waals surface area contributed by atoms with E-state index in [0.29, 0.717) is 25.3 Å². The van der Waals surface area contributed by atoms with E-state index >= 15 is 0 Å². The molecule has 1 aliphatic rings. The average molecular weight is 383 g/mol. The van der Waals surface area contributed by atoms with E-state index in [4.69, 9.17) is 9.94 Å². The molecule has 0 saturated carbocycles. The van der Waals surface area contributed by atoms with E-state index in [2.05, 4.69) is 10.6 Å². The Bertz CT molecular complexity index is 802. The molecule has 1 heterocycles. The van der Waals surface area contributed by atoms with Crippen LogP contribution in [0.5, 0.6) is 5.75 Å². The Morgan fingerprint density at radius 1 is 1.18 bits per heavy atom. The smallest absolute Gasteiger partial charge is 0.265 e. The first-order valence-corrected chi connectivity index (χ1v) is 9.32. The number of ether oxygens (including phenoxy) is 1. The van der Waals surface area contributed by atoms with Crippen LogP contribution in [0.15, 0.2) is 54.6 Å². The third kappa shape index (κ3) is 4.32. The second-order valence-corrected chi connectivity index (χ2v) is 6.91. The van der Waals surface area contributed by atoms with Crippen molar-refractivity contribution in [1.29, 1.82) is 0 Å². The quantitative estimate of drug-likeness (QED) is 0.432. The maximum absolute atomic E-state index is 12.9. The minimum atomic E-state index is -0.901. The van der Waals surface area contributed by atoms with Gasteiger partial charge in [-0.3, -0.25) is 20.1 Å². The lowest BCUT2D eigenvalue weighted by molar-refractivity contribution is -0.136. The van der Waals surface area contributed by atoms with Gasteiger partial charge >= 0.3 is 0 Å². The Hall–Kier alpha value is -2.90. The van der Waals surface area contributed by atoms with Crippen LogP contribution in [0.2, 0.25) is 0 Å². The minimum absolute atomic E-state index is 0.293. The highest BCUT2D eigenvalue weighted by atomic mass is 16.5. The van der Waals surface area contributed by atoms with E-state index in [1.807, 2.05) is 54.6 Å². The van der Waals surface area contributed by atoms with Gasteiger partial charge in [0, 0.05) is 0 Å². The van der Waals surface area contributed by atoms with Crippen LogP contribution in [0.3, 0.4) is 0 Å². The van der Waals surface area contributed by atoms with Crippen molar-refractivity contribution in [3.05, 3.63) is 65.7 Å². The normalized spacial score (nSPS) is 19.6. The number of carbonyl (C=O) groups is 2. The van der Waals surface area contributed by atoms with Crippen LogP contribution in [0.1, 0.15) is 30.9 Å². The number of rotatable bonds is 7. The molecule has 0 spiro atoms. The van der Waals surface area contributed by atoms with Gasteiger partial charge in [-0.25, -0.2) is 5.48 Å². The zero-order chi connectivity index (χ0) is 20.0. The van der Waals surface area contributed by atoms with E-state index in [9.17, 15) is 9.59 Å². The Labute approximate surface area is 164 Å². The number of hydroxylamine groups is 1. The molecule has 28 heavy (non-hydrogen) atoms. The summed E-state index contributed by atoms with van der Waals surface area (Å²) >= 11 is 0. The lowest BCUT2D eigenvalue weighted by Gasteiger charge is -2.30. The zero-order valence-corrected chi connectivity index (χ0v) is 15.8. The fourth-order valence-corrected chi connectivity index (χ4v) is 3.37. The third-order valence-electron chi connectivity index (χ3n) is 4.99. The SMILES string of the molecule is C[C@H](NC(=O)C1(c2ccc(OCc3ccccc3)cc2)CCCN1)C(=O)NO. The van der Waals surface area contributed by atoms with Crippen molar-refractivity contribution in [2.24, 2.45) is 0 Å². The van der Waals surface area contributed by atoms with Crippen molar-refractivity contribution < 1.29 is 19.5 Å². The van der Waals surface area contributed by atoms with Crippen LogP contribution in [0.25, 0.3) is 0 Å². The lowest BCUT2D eigenvalue weighted by Crippen LogP contribution is -2.55. The third-order valence-corrected chi connectivity index (χ3v) is 4.99. The van der Waals surface area contributed by atoms with Gasteiger partial charge in [-0.05, 0) is 49.6 Å². The highest BCUT2D eigenvalue weighted by Crippen LogP contribution is 2.32. The van der Waals surface area contributed by atoms with E-state index in [0.717, 1.165) is 17.5 Å². The maximum atomic E-state index is 12.9. The van der Waals surface area contributed by atoms with Gasteiger partial charge in [0.05, 0.1) is 0 Å². The van der Waals surface area contributed by atoms with Crippen molar-refractivity contribution in [3.63, 3.8) is 0 Å². The van der Waals surface area contributed by atoms with Crippen LogP contribution < -0.4 is 20.9 Å². The molecule has 3 rings (SSSR count). The Morgan fingerprint density at radius 2 is 1.89 bits per heavy atom. The predicted molar refractivity (Wildman–Crippen MR) is 104 cm³/mol. The average Bonchev–Trinajstić information content (AvgIpc) is 3.24. The molecule has 7 heteroatoms. The molecule has 2 amide bonds. The minimum Gasteiger partial charge on any atom is -0.489 e. The van der Waals surface area contributed by atoms with Gasteiger partial charge in [-0.2, -0.15) is 0 Å². The van der Waals surface area contributed by atoms with Crippen molar-refractivity contribution in [1.82, 2.24) is 16.1 Å². The molecule has 2 aromatic carbocycles. The fraction of sp³-hybridized carbons (Fsp3) is 0.333. The van der Waals surface area contributed by atoms with Crippen LogP contribution in [-0.2, 0) is 21.7 Å². The van der Waals surface area contributed by atoms with Crippen molar-refractivity contribution >= 4 is 11.8 Å². The molecule has 0 radical (unpaired) electrons. The van der Waals surface area contributed by atoms with E-state index in [-0.39, 0.29) is 5.91 Å². The molecule has 1 aliphatic heterocycles. The van der Waals surface area contributed by atoms with Crippen LogP contribution >= 0.6 is 0 Å². The molecule has 0 bridgehead atoms. The Morgan fingerprint density at radius 3 is 2.50 bits per heavy atom. The topological polar surface area (TPSA) is 99.7 Å². The first-order chi connectivity index (χ1) is 13.5. The zero-order valence-electron chi connectivity index (χ0n) is 15.8. The summed E-state index contributed by atoms with van der Waals surface area (Å²) in [6, 6.07) is 16.5. The van der Waals surface area contributed by atoms with Gasteiger partial charge in [0.2, 0.25) is 5.91 Å². The molecule has 148 valence electrons. The molecular formula is C21H25N3O4. The van der Waals surface area contributed by atoms with Crippen molar-refractivity contribution in [2.45, 2.75) is 38.0 Å². The molecule has 0 aliphatic carbocycles. The number of hydrogen-bond donors (Lipinski definition) is 4. The molecule has 1 unspecified atom stereocenters. The molecule has 4 N–H and O–H groups in total. The van der Waals surface area contributed by atoms with E-state index in [1.54, 1.807) is 5.48 Å². The van der Waals surface area contributed by atoms with Crippen LogP contribution in [0, 0.1) is 0 Å². The number of nitrogens with one attached hydrogen (secondary N) is 3. The summed E-state index contributed by atoms with van der Waals surface area (Å²) in [5.41, 5.74) is 2.55. The molecule has 7 nitrogen and oxygen atoms in total. The Balaban J connectivity index is 1.71. The Kier molecular flexibility index (Phi) is 6.28. The lowest BCUT2D eigenvalue weighted by atomic mass is 9.87. The monoisotopic (exact) mass is 383 g/mol. The van der Waals surface area contributed by atoms with Gasteiger partial charge in [0.15, 0.2) is 0 Å². The molecular weight excluding hydrogens is 358 g/mol. The van der Waals surface area contributed by atoms with Crippen LogP contribution in [-0.4, -0.2) is 29.6 Å². The highest BCUT2D eigenvalue weighted by molar-refractivity contribution is 5.92. The van der Waals surface area contributed by atoms with E-state index < -0.39 is 17.5 Å². The standard InChI is InChI=1S/C21H25N3O4/c1-15(19(25)24-27)23-20(26)21(12-5-13-22-21)17-8-10-18(11-9-17)28-14-16-6-3-2-4-7-16/h2-4,6-11,15,22,27H,5,12-14H2,1H3,(H,23,26)(H,24,25)/t15-,21?/m0/s1. The maximum Gasteiger partial charge on any atom is 0.265 e. The fourth-order valence-electron chi connectivity index (χ4n) is 3.37. The molecule has 1 saturated heterocycles. The van der Waals surface area contributed by atoms with Crippen molar-refractivity contribution in [3.8, 4) is 5.75 Å². The highest BCUT2D eigenvalue weighted by Gasteiger charge is 2.43. The number of benzene rings is 2. The van der Waals surface area contributed by atoms with Gasteiger partial charge in [-0.1, -0.05) is 42.5 Å². The number of hydrogen-bond acceptors (Lipinski definition) is 5. The summed E-state index contributed by atoms with van der Waals surface area (Å²) in [5.74, 6) is -0.237. The molecule has 1 fully saturated rings. The largest absolute Gasteiger partial charge is 0.489 e. The van der Waals surface area contributed by atoms with Crippen molar-refractivity contribution in [2.75, 3.05) is 6.54 Å².